The van der Waals surface area contributed by atoms with Crippen molar-refractivity contribution < 1.29 is 14.7 Å². The summed E-state index contributed by atoms with van der Waals surface area (Å²) < 4.78 is 0. The van der Waals surface area contributed by atoms with Crippen LogP contribution in [0.4, 0.5) is 0 Å². The molecule has 1 aliphatic carbocycles. The largest absolute Gasteiger partial charge is 0.396 e. The first-order valence-corrected chi connectivity index (χ1v) is 6.88. The fourth-order valence-electron chi connectivity index (χ4n) is 2.96. The van der Waals surface area contributed by atoms with Crippen molar-refractivity contribution in [3.8, 4) is 0 Å². The molecule has 3 atom stereocenters. The van der Waals surface area contributed by atoms with E-state index in [2.05, 4.69) is 10.6 Å². The number of hydrogen-bond donors (Lipinski definition) is 3. The van der Waals surface area contributed by atoms with Crippen molar-refractivity contribution >= 4 is 11.8 Å². The predicted molar refractivity (Wildman–Crippen MR) is 66.7 cm³/mol. The zero-order valence-corrected chi connectivity index (χ0v) is 10.7. The van der Waals surface area contributed by atoms with Crippen LogP contribution < -0.4 is 10.6 Å². The number of rotatable bonds is 4. The number of hydrogen-bond acceptors (Lipinski definition) is 3. The highest BCUT2D eigenvalue weighted by atomic mass is 16.3. The molecule has 1 saturated heterocycles. The number of aliphatic hydroxyl groups is 1. The molecule has 1 saturated carbocycles. The van der Waals surface area contributed by atoms with Gasteiger partial charge in [0.2, 0.25) is 11.8 Å². The van der Waals surface area contributed by atoms with E-state index in [1.165, 1.54) is 12.8 Å². The highest BCUT2D eigenvalue weighted by Gasteiger charge is 2.29. The molecule has 2 unspecified atom stereocenters. The monoisotopic (exact) mass is 254 g/mol. The second-order valence-electron chi connectivity index (χ2n) is 5.39. The number of carbonyl (C=O) groups excluding carboxylic acids is 2. The molecule has 18 heavy (non-hydrogen) atoms. The van der Waals surface area contributed by atoms with E-state index in [-0.39, 0.29) is 24.5 Å². The van der Waals surface area contributed by atoms with Crippen molar-refractivity contribution in [2.24, 2.45) is 11.8 Å². The predicted octanol–water partition coefficient (Wildman–Crippen LogP) is 0.180. The Morgan fingerprint density at radius 3 is 2.61 bits per heavy atom. The maximum absolute atomic E-state index is 11.8. The molecule has 0 aromatic carbocycles. The standard InChI is InChI=1S/C13H22N2O3/c16-8-10-4-2-1-3-9(10)7-14-13(18)11-5-6-12(17)15-11/h9-11,16H,1-8H2,(H,14,18)(H,15,17)/t9?,10?,11-/m0/s1. The van der Waals surface area contributed by atoms with Crippen molar-refractivity contribution in [1.82, 2.24) is 10.6 Å². The first-order chi connectivity index (χ1) is 8.70. The molecule has 5 nitrogen and oxygen atoms in total. The van der Waals surface area contributed by atoms with E-state index < -0.39 is 0 Å². The van der Waals surface area contributed by atoms with E-state index in [1.807, 2.05) is 0 Å². The fourth-order valence-corrected chi connectivity index (χ4v) is 2.96. The lowest BCUT2D eigenvalue weighted by Gasteiger charge is -2.30. The molecule has 5 heteroatoms. The summed E-state index contributed by atoms with van der Waals surface area (Å²) in [6.07, 6.45) is 5.52. The highest BCUT2D eigenvalue weighted by molar-refractivity contribution is 5.90. The molecule has 1 aliphatic heterocycles. The molecule has 2 aliphatic rings. The minimum absolute atomic E-state index is 0.0407. The van der Waals surface area contributed by atoms with Gasteiger partial charge in [0.25, 0.3) is 0 Å². The average Bonchev–Trinajstić information content (AvgIpc) is 2.83. The van der Waals surface area contributed by atoms with E-state index >= 15 is 0 Å². The van der Waals surface area contributed by atoms with Crippen molar-refractivity contribution in [1.29, 1.82) is 0 Å². The van der Waals surface area contributed by atoms with Gasteiger partial charge in [0.1, 0.15) is 6.04 Å². The fraction of sp³-hybridized carbons (Fsp3) is 0.846. The molecular formula is C13H22N2O3. The summed E-state index contributed by atoms with van der Waals surface area (Å²) in [5, 5.41) is 14.9. The minimum Gasteiger partial charge on any atom is -0.396 e. The van der Waals surface area contributed by atoms with Crippen molar-refractivity contribution in [2.45, 2.75) is 44.6 Å². The van der Waals surface area contributed by atoms with E-state index in [0.717, 1.165) is 12.8 Å². The van der Waals surface area contributed by atoms with Gasteiger partial charge in [0.05, 0.1) is 0 Å². The van der Waals surface area contributed by atoms with Crippen LogP contribution in [0.5, 0.6) is 0 Å². The zero-order chi connectivity index (χ0) is 13.0. The van der Waals surface area contributed by atoms with E-state index in [0.29, 0.717) is 31.2 Å². The van der Waals surface area contributed by atoms with Gasteiger partial charge in [-0.25, -0.2) is 0 Å². The molecule has 2 rings (SSSR count). The third-order valence-corrected chi connectivity index (χ3v) is 4.15. The summed E-state index contributed by atoms with van der Waals surface area (Å²) in [5.41, 5.74) is 0. The normalized spacial score (nSPS) is 32.1. The van der Waals surface area contributed by atoms with Crippen molar-refractivity contribution in [3.05, 3.63) is 0 Å². The van der Waals surface area contributed by atoms with Crippen molar-refractivity contribution in [3.63, 3.8) is 0 Å². The van der Waals surface area contributed by atoms with E-state index in [4.69, 9.17) is 0 Å². The smallest absolute Gasteiger partial charge is 0.242 e. The van der Waals surface area contributed by atoms with Gasteiger partial charge < -0.3 is 15.7 Å². The Hall–Kier alpha value is -1.10. The number of aliphatic hydroxyl groups excluding tert-OH is 1. The Balaban J connectivity index is 1.76. The SMILES string of the molecule is O=C1CC[C@@H](C(=O)NCC2CCCCC2CO)N1. The first-order valence-electron chi connectivity index (χ1n) is 6.88. The molecule has 102 valence electrons. The van der Waals surface area contributed by atoms with Gasteiger partial charge in [-0.1, -0.05) is 12.8 Å². The maximum Gasteiger partial charge on any atom is 0.242 e. The third-order valence-electron chi connectivity index (χ3n) is 4.15. The van der Waals surface area contributed by atoms with Crippen LogP contribution in [0.15, 0.2) is 0 Å². The number of amides is 2. The Morgan fingerprint density at radius 1 is 1.28 bits per heavy atom. The zero-order valence-electron chi connectivity index (χ0n) is 10.7. The number of carbonyl (C=O) groups is 2. The lowest BCUT2D eigenvalue weighted by atomic mass is 9.79. The summed E-state index contributed by atoms with van der Waals surface area (Å²) in [6.45, 7) is 0.830. The topological polar surface area (TPSA) is 78.4 Å². The molecule has 0 bridgehead atoms. The Kier molecular flexibility index (Phi) is 4.58. The van der Waals surface area contributed by atoms with Crippen LogP contribution in [0.25, 0.3) is 0 Å². The molecule has 1 heterocycles. The molecule has 2 fully saturated rings. The van der Waals surface area contributed by atoms with Gasteiger partial charge in [0, 0.05) is 19.6 Å². The molecule has 0 radical (unpaired) electrons. The van der Waals surface area contributed by atoms with Crippen LogP contribution >= 0.6 is 0 Å². The van der Waals surface area contributed by atoms with Gasteiger partial charge in [0.15, 0.2) is 0 Å². The second kappa shape index (κ2) is 6.18. The summed E-state index contributed by atoms with van der Waals surface area (Å²) >= 11 is 0. The quantitative estimate of drug-likeness (QED) is 0.669. The second-order valence-corrected chi connectivity index (χ2v) is 5.39. The summed E-state index contributed by atoms with van der Waals surface area (Å²) in [7, 11) is 0. The van der Waals surface area contributed by atoms with Gasteiger partial charge >= 0.3 is 0 Å². The lowest BCUT2D eigenvalue weighted by Crippen LogP contribution is -2.44. The third kappa shape index (κ3) is 3.22. The van der Waals surface area contributed by atoms with Crippen LogP contribution in [0.2, 0.25) is 0 Å². The summed E-state index contributed by atoms with van der Waals surface area (Å²) in [4.78, 5) is 22.9. The van der Waals surface area contributed by atoms with Crippen LogP contribution in [-0.4, -0.2) is 36.1 Å². The van der Waals surface area contributed by atoms with Gasteiger partial charge in [-0.15, -0.1) is 0 Å². The average molecular weight is 254 g/mol. The van der Waals surface area contributed by atoms with Crippen LogP contribution in [0.3, 0.4) is 0 Å². The Morgan fingerprint density at radius 2 is 2.00 bits per heavy atom. The van der Waals surface area contributed by atoms with Crippen LogP contribution in [-0.2, 0) is 9.59 Å². The van der Waals surface area contributed by atoms with E-state index in [1.54, 1.807) is 0 Å². The summed E-state index contributed by atoms with van der Waals surface area (Å²) in [6, 6.07) is -0.353. The van der Waals surface area contributed by atoms with Gasteiger partial charge in [-0.2, -0.15) is 0 Å². The summed E-state index contributed by atoms with van der Waals surface area (Å²) in [5.74, 6) is 0.575. The molecule has 3 N–H and O–H groups in total. The Bertz CT molecular complexity index is 319. The number of nitrogens with one attached hydrogen (secondary N) is 2. The lowest BCUT2D eigenvalue weighted by molar-refractivity contribution is -0.126. The van der Waals surface area contributed by atoms with Gasteiger partial charge in [-0.05, 0) is 31.1 Å². The van der Waals surface area contributed by atoms with Crippen LogP contribution in [0, 0.1) is 11.8 Å². The van der Waals surface area contributed by atoms with Crippen molar-refractivity contribution in [2.75, 3.05) is 13.2 Å². The molecule has 0 aromatic heterocycles. The minimum atomic E-state index is -0.353. The molecule has 0 spiro atoms. The molecule has 0 aromatic rings. The van der Waals surface area contributed by atoms with Crippen LogP contribution in [0.1, 0.15) is 38.5 Å². The highest BCUT2D eigenvalue weighted by Crippen LogP contribution is 2.29. The van der Waals surface area contributed by atoms with E-state index in [9.17, 15) is 14.7 Å². The molecule has 2 amide bonds. The van der Waals surface area contributed by atoms with Gasteiger partial charge in [-0.3, -0.25) is 9.59 Å². The maximum atomic E-state index is 11.8. The Labute approximate surface area is 107 Å². The molecular weight excluding hydrogens is 232 g/mol. The first kappa shape index (κ1) is 13.3.